The number of amides is 1. The molecule has 3 aromatic rings. The number of rotatable bonds is 10. The van der Waals surface area contributed by atoms with Gasteiger partial charge >= 0.3 is 0 Å². The van der Waals surface area contributed by atoms with Gasteiger partial charge in [-0.05, 0) is 53.8 Å². The van der Waals surface area contributed by atoms with Crippen LogP contribution in [-0.2, 0) is 26.0 Å². The average Bonchev–Trinajstić information content (AvgIpc) is 3.55. The van der Waals surface area contributed by atoms with Crippen molar-refractivity contribution in [2.75, 3.05) is 45.4 Å². The quantitative estimate of drug-likeness (QED) is 0.358. The van der Waals surface area contributed by atoms with E-state index in [2.05, 4.69) is 0 Å². The largest absolute Gasteiger partial charge is 0.495 e. The van der Waals surface area contributed by atoms with Crippen LogP contribution in [0.15, 0.2) is 46.0 Å². The monoisotopic (exact) mass is 542 g/mol. The second kappa shape index (κ2) is 10.5. The lowest BCUT2D eigenvalue weighted by Gasteiger charge is -2.31. The fourth-order valence-electron chi connectivity index (χ4n) is 5.37. The van der Waals surface area contributed by atoms with Gasteiger partial charge in [-0.15, -0.1) is 11.3 Å². The van der Waals surface area contributed by atoms with Crippen molar-refractivity contribution in [2.24, 2.45) is 5.92 Å². The smallest absolute Gasteiger partial charge is 0.259 e. The molecule has 0 radical (unpaired) electrons. The highest BCUT2D eigenvalue weighted by atomic mass is 32.2. The van der Waals surface area contributed by atoms with E-state index < -0.39 is 10.0 Å². The van der Waals surface area contributed by atoms with E-state index in [1.54, 1.807) is 36.6 Å². The van der Waals surface area contributed by atoms with Crippen LogP contribution in [0.4, 0.5) is 5.69 Å². The molecule has 0 N–H and O–H groups in total. The zero-order valence-corrected chi connectivity index (χ0v) is 22.6. The number of Topliss-reactive ketones (excluding diaryl/α,β-unsaturated/α-hetero) is 1. The Morgan fingerprint density at radius 2 is 2.03 bits per heavy atom. The van der Waals surface area contributed by atoms with Crippen LogP contribution in [0.3, 0.4) is 0 Å². The molecular formula is C27H30N2O6S2. The molecular weight excluding hydrogens is 512 g/mol. The van der Waals surface area contributed by atoms with E-state index in [1.165, 1.54) is 15.6 Å². The molecule has 8 nitrogen and oxygen atoms in total. The summed E-state index contributed by atoms with van der Waals surface area (Å²) in [5, 5.41) is 3.40. The Bertz CT molecular complexity index is 1430. The molecule has 1 atom stereocenters. The van der Waals surface area contributed by atoms with E-state index >= 15 is 0 Å². The van der Waals surface area contributed by atoms with Crippen molar-refractivity contribution in [2.45, 2.75) is 29.9 Å². The highest BCUT2D eigenvalue weighted by Crippen LogP contribution is 2.46. The Kier molecular flexibility index (Phi) is 7.35. The normalized spacial score (nSPS) is 18.1. The number of nitrogens with zero attached hydrogens (tertiary/aromatic N) is 2. The van der Waals surface area contributed by atoms with Gasteiger partial charge in [0.2, 0.25) is 0 Å². The predicted octanol–water partition coefficient (Wildman–Crippen LogP) is 4.12. The maximum absolute atomic E-state index is 13.5. The van der Waals surface area contributed by atoms with Crippen LogP contribution < -0.4 is 9.64 Å². The van der Waals surface area contributed by atoms with Gasteiger partial charge in [-0.3, -0.25) is 9.59 Å². The third-order valence-electron chi connectivity index (χ3n) is 7.17. The molecule has 1 saturated heterocycles. The van der Waals surface area contributed by atoms with Gasteiger partial charge in [0, 0.05) is 56.6 Å². The maximum Gasteiger partial charge on any atom is 0.259 e. The summed E-state index contributed by atoms with van der Waals surface area (Å²) in [6, 6.07) is 10.8. The first-order chi connectivity index (χ1) is 17.9. The number of methoxy groups -OCH3 is 2. The van der Waals surface area contributed by atoms with E-state index in [-0.39, 0.29) is 30.6 Å². The number of ketones is 1. The van der Waals surface area contributed by atoms with E-state index in [1.807, 2.05) is 24.3 Å². The zero-order valence-electron chi connectivity index (χ0n) is 20.9. The molecule has 2 aliphatic rings. The van der Waals surface area contributed by atoms with Crippen molar-refractivity contribution in [1.29, 1.82) is 0 Å². The molecule has 3 heterocycles. The fraction of sp³-hybridized carbons (Fsp3) is 0.407. The third kappa shape index (κ3) is 4.67. The van der Waals surface area contributed by atoms with Gasteiger partial charge in [-0.25, -0.2) is 8.42 Å². The maximum atomic E-state index is 13.5. The summed E-state index contributed by atoms with van der Waals surface area (Å²) in [4.78, 5) is 28.5. The van der Waals surface area contributed by atoms with Crippen molar-refractivity contribution in [3.63, 3.8) is 0 Å². The summed E-state index contributed by atoms with van der Waals surface area (Å²) < 4.78 is 38.7. The Labute approximate surface area is 220 Å². The first kappa shape index (κ1) is 25.8. The van der Waals surface area contributed by atoms with Gasteiger partial charge in [-0.1, -0.05) is 18.2 Å². The summed E-state index contributed by atoms with van der Waals surface area (Å²) in [6.07, 6.45) is 2.12. The van der Waals surface area contributed by atoms with Crippen molar-refractivity contribution in [3.8, 4) is 5.75 Å². The molecule has 0 saturated carbocycles. The lowest BCUT2D eigenvalue weighted by molar-refractivity contribution is -0.123. The Morgan fingerprint density at radius 1 is 1.19 bits per heavy atom. The van der Waals surface area contributed by atoms with Crippen molar-refractivity contribution in [1.82, 2.24) is 4.31 Å². The minimum absolute atomic E-state index is 0.00453. The summed E-state index contributed by atoms with van der Waals surface area (Å²) in [5.74, 6) is 0.0801. The van der Waals surface area contributed by atoms with Crippen molar-refractivity contribution < 1.29 is 27.5 Å². The summed E-state index contributed by atoms with van der Waals surface area (Å²) in [6.45, 7) is 1.64. The molecule has 2 aromatic carbocycles. The molecule has 1 aromatic heterocycles. The molecule has 37 heavy (non-hydrogen) atoms. The Balaban J connectivity index is 1.43. The highest BCUT2D eigenvalue weighted by Gasteiger charge is 2.36. The van der Waals surface area contributed by atoms with Gasteiger partial charge in [0.05, 0.1) is 12.8 Å². The SMILES string of the molecule is COCCCN1C(=O)c2cccc3c(CC(=O)C4CCCN(S(=O)(=O)c5cccs5)C4)cc(OC)c1c23. The Hall–Kier alpha value is -2.79. The number of anilines is 1. The molecule has 196 valence electrons. The minimum atomic E-state index is -3.60. The number of hydrogen-bond donors (Lipinski definition) is 0. The highest BCUT2D eigenvalue weighted by molar-refractivity contribution is 7.91. The van der Waals surface area contributed by atoms with Gasteiger partial charge in [0.25, 0.3) is 15.9 Å². The van der Waals surface area contributed by atoms with Gasteiger partial charge in [0.1, 0.15) is 15.7 Å². The minimum Gasteiger partial charge on any atom is -0.495 e. The second-order valence-electron chi connectivity index (χ2n) is 9.40. The summed E-state index contributed by atoms with van der Waals surface area (Å²) in [5.41, 5.74) is 2.12. The summed E-state index contributed by atoms with van der Waals surface area (Å²) >= 11 is 1.19. The van der Waals surface area contributed by atoms with E-state index in [0.717, 1.165) is 22.0 Å². The van der Waals surface area contributed by atoms with Gasteiger partial charge in [-0.2, -0.15) is 4.31 Å². The van der Waals surface area contributed by atoms with Gasteiger partial charge < -0.3 is 14.4 Å². The average molecular weight is 543 g/mol. The van der Waals surface area contributed by atoms with Crippen LogP contribution in [0.2, 0.25) is 0 Å². The standard InChI is InChI=1S/C27H30N2O6S2/c1-34-13-6-12-29-26-23(35-2)16-19(20-8-3-9-21(25(20)26)27(29)31)15-22(30)18-7-4-11-28(17-18)37(32,33)24-10-5-14-36-24/h3,5,8-10,14,16,18H,4,6-7,11-13,15,17H2,1-2H3. The number of piperidine rings is 1. The molecule has 10 heteroatoms. The van der Waals surface area contributed by atoms with Crippen LogP contribution in [-0.4, -0.2) is 64.9 Å². The number of benzene rings is 2. The van der Waals surface area contributed by atoms with E-state index in [0.29, 0.717) is 54.5 Å². The first-order valence-corrected chi connectivity index (χ1v) is 14.7. The van der Waals surface area contributed by atoms with E-state index in [9.17, 15) is 18.0 Å². The number of thiophene rings is 1. The van der Waals surface area contributed by atoms with Crippen LogP contribution in [0.25, 0.3) is 10.8 Å². The number of hydrogen-bond acceptors (Lipinski definition) is 7. The molecule has 1 fully saturated rings. The Morgan fingerprint density at radius 3 is 2.76 bits per heavy atom. The molecule has 1 amide bonds. The summed E-state index contributed by atoms with van der Waals surface area (Å²) in [7, 11) is -0.401. The van der Waals surface area contributed by atoms with Crippen molar-refractivity contribution in [3.05, 3.63) is 52.9 Å². The zero-order chi connectivity index (χ0) is 26.2. The third-order valence-corrected chi connectivity index (χ3v) is 10.4. The number of ether oxygens (including phenoxy) is 2. The molecule has 5 rings (SSSR count). The molecule has 1 unspecified atom stereocenters. The molecule has 0 spiro atoms. The predicted molar refractivity (Wildman–Crippen MR) is 143 cm³/mol. The molecule has 0 bridgehead atoms. The number of carbonyl (C=O) groups excluding carboxylic acids is 2. The molecule has 0 aliphatic carbocycles. The van der Waals surface area contributed by atoms with Crippen LogP contribution >= 0.6 is 11.3 Å². The van der Waals surface area contributed by atoms with E-state index in [4.69, 9.17) is 9.47 Å². The fourth-order valence-corrected chi connectivity index (χ4v) is 8.04. The van der Waals surface area contributed by atoms with Crippen LogP contribution in [0.5, 0.6) is 5.75 Å². The van der Waals surface area contributed by atoms with Crippen LogP contribution in [0.1, 0.15) is 35.2 Å². The topological polar surface area (TPSA) is 93.2 Å². The van der Waals surface area contributed by atoms with Crippen molar-refractivity contribution >= 4 is 49.5 Å². The number of sulfonamides is 1. The van der Waals surface area contributed by atoms with Gasteiger partial charge in [0.15, 0.2) is 0 Å². The number of carbonyl (C=O) groups is 2. The molecule has 2 aliphatic heterocycles. The van der Waals surface area contributed by atoms with Crippen LogP contribution in [0, 0.1) is 5.92 Å². The lowest BCUT2D eigenvalue weighted by Crippen LogP contribution is -2.42. The lowest BCUT2D eigenvalue weighted by atomic mass is 9.89. The first-order valence-electron chi connectivity index (χ1n) is 12.4. The second-order valence-corrected chi connectivity index (χ2v) is 12.5.